The highest BCUT2D eigenvalue weighted by Gasteiger charge is 2.22. The number of fused-ring (bicyclic) bond motifs is 6. The fourth-order valence-electron chi connectivity index (χ4n) is 7.21. The average molecular weight is 641 g/mol. The maximum absolute atomic E-state index is 6.59. The van der Waals surface area contributed by atoms with Gasteiger partial charge in [0.1, 0.15) is 11.2 Å². The molecule has 0 saturated heterocycles. The monoisotopic (exact) mass is 640 g/mol. The molecule has 3 aromatic heterocycles. The van der Waals surface area contributed by atoms with Gasteiger partial charge in [0.15, 0.2) is 17.5 Å². The second-order valence-electron chi connectivity index (χ2n) is 12.4. The van der Waals surface area contributed by atoms with Crippen LogP contribution in [0.5, 0.6) is 0 Å². The number of aromatic nitrogens is 4. The molecule has 3 heterocycles. The van der Waals surface area contributed by atoms with E-state index >= 15 is 0 Å². The van der Waals surface area contributed by atoms with Gasteiger partial charge in [-0.1, -0.05) is 133 Å². The maximum atomic E-state index is 6.59. The van der Waals surface area contributed by atoms with E-state index in [4.69, 9.17) is 19.4 Å². The minimum Gasteiger partial charge on any atom is -0.456 e. The molecule has 0 unspecified atom stereocenters. The van der Waals surface area contributed by atoms with Gasteiger partial charge in [-0.25, -0.2) is 15.0 Å². The van der Waals surface area contributed by atoms with E-state index in [0.717, 1.165) is 66.5 Å². The van der Waals surface area contributed by atoms with Crippen LogP contribution in [0.2, 0.25) is 0 Å². The Morgan fingerprint density at radius 2 is 0.900 bits per heavy atom. The van der Waals surface area contributed by atoms with Crippen molar-refractivity contribution in [2.24, 2.45) is 0 Å². The third kappa shape index (κ3) is 4.52. The van der Waals surface area contributed by atoms with Crippen molar-refractivity contribution >= 4 is 43.7 Å². The first-order valence-electron chi connectivity index (χ1n) is 16.7. The van der Waals surface area contributed by atoms with Crippen LogP contribution in [0.4, 0.5) is 0 Å². The molecule has 0 aliphatic heterocycles. The van der Waals surface area contributed by atoms with Gasteiger partial charge in [0, 0.05) is 32.8 Å². The van der Waals surface area contributed by atoms with Crippen LogP contribution in [0.25, 0.3) is 94.7 Å². The van der Waals surface area contributed by atoms with Crippen molar-refractivity contribution in [1.82, 2.24) is 19.5 Å². The van der Waals surface area contributed by atoms with E-state index in [2.05, 4.69) is 120 Å². The Labute approximate surface area is 287 Å². The molecule has 234 valence electrons. The van der Waals surface area contributed by atoms with Crippen molar-refractivity contribution < 1.29 is 4.42 Å². The molecule has 0 atom stereocenters. The van der Waals surface area contributed by atoms with E-state index in [1.807, 2.05) is 54.6 Å². The molecule has 10 aromatic rings. The molecule has 10 rings (SSSR count). The van der Waals surface area contributed by atoms with E-state index in [1.165, 1.54) is 10.8 Å². The van der Waals surface area contributed by atoms with Crippen molar-refractivity contribution in [1.29, 1.82) is 0 Å². The van der Waals surface area contributed by atoms with Gasteiger partial charge in [-0.3, -0.25) is 0 Å². The van der Waals surface area contributed by atoms with Crippen LogP contribution in [-0.4, -0.2) is 19.5 Å². The Hall–Kier alpha value is -6.85. The Morgan fingerprint density at radius 3 is 1.62 bits per heavy atom. The van der Waals surface area contributed by atoms with Gasteiger partial charge in [-0.15, -0.1) is 0 Å². The predicted octanol–water partition coefficient (Wildman–Crippen LogP) is 11.5. The van der Waals surface area contributed by atoms with Crippen molar-refractivity contribution in [3.63, 3.8) is 0 Å². The van der Waals surface area contributed by atoms with Crippen LogP contribution >= 0.6 is 0 Å². The Balaban J connectivity index is 1.25. The molecule has 0 aliphatic rings. The third-order valence-corrected chi connectivity index (χ3v) is 9.46. The summed E-state index contributed by atoms with van der Waals surface area (Å²) in [6.07, 6.45) is 0. The fourth-order valence-corrected chi connectivity index (χ4v) is 7.21. The lowest BCUT2D eigenvalue weighted by atomic mass is 10.0. The first kappa shape index (κ1) is 28.2. The van der Waals surface area contributed by atoms with E-state index in [0.29, 0.717) is 17.5 Å². The average Bonchev–Trinajstić information content (AvgIpc) is 3.75. The summed E-state index contributed by atoms with van der Waals surface area (Å²) < 4.78 is 8.94. The maximum Gasteiger partial charge on any atom is 0.164 e. The fraction of sp³-hybridized carbons (Fsp3) is 0. The zero-order valence-electron chi connectivity index (χ0n) is 26.9. The van der Waals surface area contributed by atoms with Gasteiger partial charge in [-0.05, 0) is 47.5 Å². The topological polar surface area (TPSA) is 56.7 Å². The van der Waals surface area contributed by atoms with Crippen LogP contribution in [0.3, 0.4) is 0 Å². The number of benzene rings is 7. The third-order valence-electron chi connectivity index (χ3n) is 9.46. The van der Waals surface area contributed by atoms with Crippen molar-refractivity contribution in [3.8, 4) is 51.0 Å². The summed E-state index contributed by atoms with van der Waals surface area (Å²) in [4.78, 5) is 15.4. The highest BCUT2D eigenvalue weighted by Crippen LogP contribution is 2.42. The highest BCUT2D eigenvalue weighted by molar-refractivity contribution is 6.17. The van der Waals surface area contributed by atoms with Crippen LogP contribution < -0.4 is 0 Å². The van der Waals surface area contributed by atoms with Crippen LogP contribution in [0.1, 0.15) is 0 Å². The molecule has 0 N–H and O–H groups in total. The van der Waals surface area contributed by atoms with Crippen molar-refractivity contribution in [3.05, 3.63) is 170 Å². The number of para-hydroxylation sites is 2. The molecule has 0 aliphatic carbocycles. The quantitative estimate of drug-likeness (QED) is 0.188. The zero-order chi connectivity index (χ0) is 33.0. The van der Waals surface area contributed by atoms with Crippen LogP contribution in [0, 0.1) is 0 Å². The highest BCUT2D eigenvalue weighted by atomic mass is 16.3. The number of furan rings is 1. The number of hydrogen-bond donors (Lipinski definition) is 0. The number of hydrogen-bond acceptors (Lipinski definition) is 4. The van der Waals surface area contributed by atoms with Crippen LogP contribution in [-0.2, 0) is 0 Å². The molecule has 7 aromatic carbocycles. The lowest BCUT2D eigenvalue weighted by Gasteiger charge is -2.12. The molecular weight excluding hydrogens is 613 g/mol. The summed E-state index contributed by atoms with van der Waals surface area (Å²) in [5, 5.41) is 4.40. The van der Waals surface area contributed by atoms with Gasteiger partial charge < -0.3 is 8.98 Å². The molecule has 5 nitrogen and oxygen atoms in total. The standard InChI is InChI=1S/C45H28N4O/c1-3-14-29(15-4-1)31-18-11-19-32(28-31)44-46-43(30-16-5-2-6-17-30)47-45(48-44)35-22-12-26-39-41(35)42-38(25-13-27-40(42)50-39)49-36-23-9-7-20-33(36)34-21-8-10-24-37(34)49/h1-28H. The van der Waals surface area contributed by atoms with Gasteiger partial charge in [-0.2, -0.15) is 0 Å². The van der Waals surface area contributed by atoms with Gasteiger partial charge in [0.25, 0.3) is 0 Å². The first-order chi connectivity index (χ1) is 24.8. The second-order valence-corrected chi connectivity index (χ2v) is 12.4. The summed E-state index contributed by atoms with van der Waals surface area (Å²) >= 11 is 0. The first-order valence-corrected chi connectivity index (χ1v) is 16.7. The number of rotatable bonds is 5. The molecule has 5 heteroatoms. The summed E-state index contributed by atoms with van der Waals surface area (Å²) in [5.74, 6) is 1.81. The second kappa shape index (κ2) is 11.4. The zero-order valence-corrected chi connectivity index (χ0v) is 26.9. The summed E-state index contributed by atoms with van der Waals surface area (Å²) in [5.41, 5.74) is 9.87. The predicted molar refractivity (Wildman–Crippen MR) is 203 cm³/mol. The van der Waals surface area contributed by atoms with E-state index in [9.17, 15) is 0 Å². The minimum absolute atomic E-state index is 0.587. The Bertz CT molecular complexity index is 2820. The number of nitrogens with zero attached hydrogens (tertiary/aromatic N) is 4. The van der Waals surface area contributed by atoms with Gasteiger partial charge >= 0.3 is 0 Å². The smallest absolute Gasteiger partial charge is 0.164 e. The lowest BCUT2D eigenvalue weighted by molar-refractivity contribution is 0.669. The molecule has 0 radical (unpaired) electrons. The minimum atomic E-state index is 0.587. The van der Waals surface area contributed by atoms with Gasteiger partial charge in [0.2, 0.25) is 0 Å². The molecule has 0 spiro atoms. The SMILES string of the molecule is c1ccc(-c2cccc(-c3nc(-c4ccccc4)nc(-c4cccc5oc6cccc(-n7c8ccccc8c8ccccc87)c6c45)n3)c2)cc1. The summed E-state index contributed by atoms with van der Waals surface area (Å²) in [6.45, 7) is 0. The molecular formula is C45H28N4O. The molecule has 50 heavy (non-hydrogen) atoms. The van der Waals surface area contributed by atoms with E-state index < -0.39 is 0 Å². The largest absolute Gasteiger partial charge is 0.456 e. The Morgan fingerprint density at radius 1 is 0.380 bits per heavy atom. The van der Waals surface area contributed by atoms with Crippen LogP contribution in [0.15, 0.2) is 174 Å². The Kier molecular flexibility index (Phi) is 6.42. The molecule has 0 bridgehead atoms. The lowest BCUT2D eigenvalue weighted by Crippen LogP contribution is -2.01. The van der Waals surface area contributed by atoms with Crippen molar-refractivity contribution in [2.45, 2.75) is 0 Å². The molecule has 0 saturated carbocycles. The van der Waals surface area contributed by atoms with E-state index in [1.54, 1.807) is 0 Å². The summed E-state index contributed by atoms with van der Waals surface area (Å²) in [7, 11) is 0. The van der Waals surface area contributed by atoms with Crippen molar-refractivity contribution in [2.75, 3.05) is 0 Å². The molecule has 0 fully saturated rings. The summed E-state index contributed by atoms with van der Waals surface area (Å²) in [6, 6.07) is 58.4. The van der Waals surface area contributed by atoms with E-state index in [-0.39, 0.29) is 0 Å². The normalized spacial score (nSPS) is 11.6. The molecule has 0 amide bonds. The van der Waals surface area contributed by atoms with Gasteiger partial charge in [0.05, 0.1) is 22.1 Å².